The van der Waals surface area contributed by atoms with Crippen molar-refractivity contribution in [1.82, 2.24) is 5.32 Å². The first-order valence-corrected chi connectivity index (χ1v) is 5.43. The summed E-state index contributed by atoms with van der Waals surface area (Å²) in [7, 11) is 3.73. The normalized spacial score (nSPS) is 15.6. The van der Waals surface area contributed by atoms with E-state index in [1.54, 1.807) is 18.4 Å². The maximum Gasteiger partial charge on any atom is 0.0699 e. The molecular formula is C10H17NOS. The van der Waals surface area contributed by atoms with Crippen LogP contribution in [0.1, 0.15) is 12.5 Å². The van der Waals surface area contributed by atoms with Crippen molar-refractivity contribution >= 4 is 11.3 Å². The second-order valence-electron chi connectivity index (χ2n) is 3.17. The number of rotatable bonds is 5. The molecule has 1 aromatic rings. The van der Waals surface area contributed by atoms with E-state index in [-0.39, 0.29) is 6.10 Å². The lowest BCUT2D eigenvalue weighted by Crippen LogP contribution is -2.38. The van der Waals surface area contributed by atoms with E-state index in [0.29, 0.717) is 6.04 Å². The first-order valence-electron chi connectivity index (χ1n) is 4.49. The molecule has 1 heterocycles. The van der Waals surface area contributed by atoms with E-state index in [0.717, 1.165) is 6.42 Å². The monoisotopic (exact) mass is 199 g/mol. The lowest BCUT2D eigenvalue weighted by molar-refractivity contribution is 0.0857. The molecule has 0 aromatic carbocycles. The van der Waals surface area contributed by atoms with E-state index >= 15 is 0 Å². The van der Waals surface area contributed by atoms with Crippen molar-refractivity contribution in [1.29, 1.82) is 0 Å². The smallest absolute Gasteiger partial charge is 0.0699 e. The second kappa shape index (κ2) is 5.37. The van der Waals surface area contributed by atoms with Crippen molar-refractivity contribution in [3.05, 3.63) is 22.4 Å². The zero-order chi connectivity index (χ0) is 9.68. The highest BCUT2D eigenvalue weighted by Gasteiger charge is 2.14. The molecule has 0 aliphatic heterocycles. The number of hydrogen-bond donors (Lipinski definition) is 1. The Bertz CT molecular complexity index is 223. The molecule has 0 radical (unpaired) electrons. The third kappa shape index (κ3) is 3.10. The van der Waals surface area contributed by atoms with Crippen molar-refractivity contribution in [3.63, 3.8) is 0 Å². The molecule has 1 aromatic heterocycles. The molecule has 13 heavy (non-hydrogen) atoms. The summed E-state index contributed by atoms with van der Waals surface area (Å²) < 4.78 is 5.29. The molecule has 3 heteroatoms. The zero-order valence-corrected chi connectivity index (χ0v) is 9.23. The lowest BCUT2D eigenvalue weighted by Gasteiger charge is -2.21. The van der Waals surface area contributed by atoms with Gasteiger partial charge in [0.2, 0.25) is 0 Å². The van der Waals surface area contributed by atoms with Crippen LogP contribution in [0.4, 0.5) is 0 Å². The molecule has 0 spiro atoms. The summed E-state index contributed by atoms with van der Waals surface area (Å²) in [6.45, 7) is 2.09. The standard InChI is InChI=1S/C10H17NOS/c1-8(12-3)10(11-2)6-9-4-5-13-7-9/h4-5,7-8,10-11H,6H2,1-3H3. The summed E-state index contributed by atoms with van der Waals surface area (Å²) in [5, 5.41) is 7.57. The summed E-state index contributed by atoms with van der Waals surface area (Å²) >= 11 is 1.74. The van der Waals surface area contributed by atoms with Crippen LogP contribution in [-0.2, 0) is 11.2 Å². The highest BCUT2D eigenvalue weighted by atomic mass is 32.1. The van der Waals surface area contributed by atoms with Crippen LogP contribution < -0.4 is 5.32 Å². The number of ether oxygens (including phenoxy) is 1. The van der Waals surface area contributed by atoms with Crippen molar-refractivity contribution in [2.45, 2.75) is 25.5 Å². The van der Waals surface area contributed by atoms with Gasteiger partial charge in [-0.25, -0.2) is 0 Å². The van der Waals surface area contributed by atoms with Gasteiger partial charge < -0.3 is 10.1 Å². The van der Waals surface area contributed by atoms with Crippen LogP contribution >= 0.6 is 11.3 Å². The number of methoxy groups -OCH3 is 1. The Morgan fingerprint density at radius 1 is 1.62 bits per heavy atom. The van der Waals surface area contributed by atoms with Gasteiger partial charge in [-0.15, -0.1) is 0 Å². The van der Waals surface area contributed by atoms with Gasteiger partial charge in [0, 0.05) is 13.2 Å². The fourth-order valence-corrected chi connectivity index (χ4v) is 2.01. The Kier molecular flexibility index (Phi) is 4.42. The van der Waals surface area contributed by atoms with Crippen LogP contribution in [0.5, 0.6) is 0 Å². The SMILES string of the molecule is CNC(Cc1ccsc1)C(C)OC. The Morgan fingerprint density at radius 2 is 2.38 bits per heavy atom. The van der Waals surface area contributed by atoms with E-state index in [9.17, 15) is 0 Å². The highest BCUT2D eigenvalue weighted by Crippen LogP contribution is 2.11. The molecule has 2 nitrogen and oxygen atoms in total. The topological polar surface area (TPSA) is 21.3 Å². The van der Waals surface area contributed by atoms with Gasteiger partial charge in [0.25, 0.3) is 0 Å². The van der Waals surface area contributed by atoms with Crippen molar-refractivity contribution in [3.8, 4) is 0 Å². The van der Waals surface area contributed by atoms with Crippen LogP contribution in [0.15, 0.2) is 16.8 Å². The molecule has 1 rings (SSSR count). The van der Waals surface area contributed by atoms with E-state index in [4.69, 9.17) is 4.74 Å². The summed E-state index contributed by atoms with van der Waals surface area (Å²) in [5.41, 5.74) is 1.38. The van der Waals surface area contributed by atoms with Crippen molar-refractivity contribution in [2.24, 2.45) is 0 Å². The Labute approximate surface area is 83.9 Å². The third-order valence-corrected chi connectivity index (χ3v) is 3.08. The average Bonchev–Trinajstić information content (AvgIpc) is 2.65. The highest BCUT2D eigenvalue weighted by molar-refractivity contribution is 7.07. The van der Waals surface area contributed by atoms with E-state index in [1.165, 1.54) is 5.56 Å². The molecule has 0 fully saturated rings. The predicted molar refractivity (Wildman–Crippen MR) is 57.3 cm³/mol. The lowest BCUT2D eigenvalue weighted by atomic mass is 10.1. The average molecular weight is 199 g/mol. The third-order valence-electron chi connectivity index (χ3n) is 2.34. The van der Waals surface area contributed by atoms with Crippen LogP contribution in [0.3, 0.4) is 0 Å². The first-order chi connectivity index (χ1) is 6.27. The van der Waals surface area contributed by atoms with Gasteiger partial charge in [0.05, 0.1) is 6.10 Å². The minimum atomic E-state index is 0.255. The fraction of sp³-hybridized carbons (Fsp3) is 0.600. The first kappa shape index (κ1) is 10.7. The summed E-state index contributed by atoms with van der Waals surface area (Å²) in [6, 6.07) is 2.57. The van der Waals surface area contributed by atoms with Gasteiger partial charge in [-0.05, 0) is 42.8 Å². The van der Waals surface area contributed by atoms with Crippen molar-refractivity contribution < 1.29 is 4.74 Å². The minimum Gasteiger partial charge on any atom is -0.380 e. The molecule has 0 bridgehead atoms. The van der Waals surface area contributed by atoms with Gasteiger partial charge in [0.15, 0.2) is 0 Å². The zero-order valence-electron chi connectivity index (χ0n) is 8.41. The minimum absolute atomic E-state index is 0.255. The second-order valence-corrected chi connectivity index (χ2v) is 3.95. The number of nitrogens with one attached hydrogen (secondary N) is 1. The maximum atomic E-state index is 5.29. The summed E-state index contributed by atoms with van der Waals surface area (Å²) in [5.74, 6) is 0. The van der Waals surface area contributed by atoms with E-state index < -0.39 is 0 Å². The van der Waals surface area contributed by atoms with E-state index in [2.05, 4.69) is 29.1 Å². The molecule has 74 valence electrons. The molecule has 1 N–H and O–H groups in total. The van der Waals surface area contributed by atoms with Gasteiger partial charge in [-0.2, -0.15) is 11.3 Å². The van der Waals surface area contributed by atoms with Gasteiger partial charge in [-0.1, -0.05) is 0 Å². The largest absolute Gasteiger partial charge is 0.380 e. The Hall–Kier alpha value is -0.380. The molecule has 0 saturated heterocycles. The van der Waals surface area contributed by atoms with Gasteiger partial charge >= 0.3 is 0 Å². The molecule has 2 unspecified atom stereocenters. The number of hydrogen-bond acceptors (Lipinski definition) is 3. The number of thiophene rings is 1. The quantitative estimate of drug-likeness (QED) is 0.782. The fourth-order valence-electron chi connectivity index (χ4n) is 1.33. The van der Waals surface area contributed by atoms with Crippen LogP contribution in [-0.4, -0.2) is 26.3 Å². The summed E-state index contributed by atoms with van der Waals surface area (Å²) in [6.07, 6.45) is 1.29. The molecule has 0 aliphatic carbocycles. The molecular weight excluding hydrogens is 182 g/mol. The summed E-state index contributed by atoms with van der Waals surface area (Å²) in [4.78, 5) is 0. The van der Waals surface area contributed by atoms with Crippen LogP contribution in [0.25, 0.3) is 0 Å². The maximum absolute atomic E-state index is 5.29. The van der Waals surface area contributed by atoms with E-state index in [1.807, 2.05) is 7.05 Å². The molecule has 0 amide bonds. The van der Waals surface area contributed by atoms with Crippen LogP contribution in [0, 0.1) is 0 Å². The van der Waals surface area contributed by atoms with Crippen molar-refractivity contribution in [2.75, 3.05) is 14.2 Å². The Morgan fingerprint density at radius 3 is 2.85 bits per heavy atom. The molecule has 2 atom stereocenters. The Balaban J connectivity index is 2.49. The van der Waals surface area contributed by atoms with Crippen LogP contribution in [0.2, 0.25) is 0 Å². The predicted octanol–water partition coefficient (Wildman–Crippen LogP) is 1.91. The molecule has 0 aliphatic rings. The number of likely N-dealkylation sites (N-methyl/N-ethyl adjacent to an activating group) is 1. The van der Waals surface area contributed by atoms with Gasteiger partial charge in [0.1, 0.15) is 0 Å². The molecule has 0 saturated carbocycles. The van der Waals surface area contributed by atoms with Gasteiger partial charge in [-0.3, -0.25) is 0 Å².